The SMILES string of the molecule is B#S(=O)CCCC. The Bertz CT molecular complexity index is 135. The predicted octanol–water partition coefficient (Wildman–Crippen LogP) is 0.619. The second-order valence-electron chi connectivity index (χ2n) is 1.44. The summed E-state index contributed by atoms with van der Waals surface area (Å²) in [6, 6.07) is 0. The molecule has 0 N–H and O–H groups in total. The van der Waals surface area contributed by atoms with E-state index < -0.39 is 10.0 Å². The van der Waals surface area contributed by atoms with Crippen LogP contribution >= 0.6 is 0 Å². The Morgan fingerprint density at radius 3 is 2.43 bits per heavy atom. The van der Waals surface area contributed by atoms with Gasteiger partial charge in [0, 0.05) is 0 Å². The number of rotatable bonds is 2. The number of unbranched alkanes of at least 4 members (excludes halogenated alkanes) is 1. The molecule has 0 rings (SSSR count). The molecule has 7 heavy (non-hydrogen) atoms. The Hall–Kier alpha value is 0.0849. The molecule has 0 radical (unpaired) electrons. The fourth-order valence-corrected chi connectivity index (χ4v) is 0.860. The van der Waals surface area contributed by atoms with Gasteiger partial charge in [-0.15, -0.1) is 0 Å². The number of hydrogen-bond donors (Lipinski definition) is 0. The van der Waals surface area contributed by atoms with Crippen LogP contribution in [0.2, 0.25) is 0 Å². The molecule has 0 aliphatic heterocycles. The minimum atomic E-state index is -1.07. The van der Waals surface area contributed by atoms with Gasteiger partial charge in [-0.05, 0) is 0 Å². The van der Waals surface area contributed by atoms with Crippen LogP contribution in [0.15, 0.2) is 0 Å². The average molecular weight is 116 g/mol. The summed E-state index contributed by atoms with van der Waals surface area (Å²) in [4.78, 5) is 0. The molecular weight excluding hydrogens is 107 g/mol. The fourth-order valence-electron chi connectivity index (χ4n) is 0.287. The summed E-state index contributed by atoms with van der Waals surface area (Å²) in [6.45, 7) is 7.00. The van der Waals surface area contributed by atoms with Crippen LogP contribution in [0, 0.1) is 0 Å². The van der Waals surface area contributed by atoms with Crippen molar-refractivity contribution < 1.29 is 4.21 Å². The summed E-state index contributed by atoms with van der Waals surface area (Å²) in [7, 11) is -1.07. The monoisotopic (exact) mass is 116 g/mol. The molecule has 0 saturated heterocycles. The van der Waals surface area contributed by atoms with Gasteiger partial charge in [0.25, 0.3) is 0 Å². The van der Waals surface area contributed by atoms with E-state index in [0.717, 1.165) is 12.8 Å². The molecule has 0 spiro atoms. The Balaban J connectivity index is 3.04. The maximum absolute atomic E-state index is 10.1. The van der Waals surface area contributed by atoms with Gasteiger partial charge >= 0.3 is 46.3 Å². The molecule has 0 aliphatic rings. The molecule has 0 fully saturated rings. The van der Waals surface area contributed by atoms with Gasteiger partial charge in [0.1, 0.15) is 0 Å². The second kappa shape index (κ2) is 4.25. The zero-order valence-corrected chi connectivity index (χ0v) is 5.33. The van der Waals surface area contributed by atoms with Crippen molar-refractivity contribution >= 4 is 16.6 Å². The Morgan fingerprint density at radius 1 is 1.71 bits per heavy atom. The van der Waals surface area contributed by atoms with E-state index in [2.05, 4.69) is 0 Å². The van der Waals surface area contributed by atoms with E-state index in [9.17, 15) is 4.21 Å². The van der Waals surface area contributed by atoms with Crippen LogP contribution in [-0.4, -0.2) is 16.5 Å². The summed E-state index contributed by atoms with van der Waals surface area (Å²) in [6.07, 6.45) is 2.05. The van der Waals surface area contributed by atoms with Gasteiger partial charge in [0.05, 0.1) is 0 Å². The standard InChI is InChI=1S/C4H9BOS/c1-2-3-4-7(5)6/h2-4H2,1H3. The van der Waals surface area contributed by atoms with Crippen molar-refractivity contribution in [2.75, 3.05) is 5.75 Å². The van der Waals surface area contributed by atoms with E-state index in [-0.39, 0.29) is 0 Å². The Labute approximate surface area is 47.0 Å². The third kappa shape index (κ3) is 6.08. The summed E-state index contributed by atoms with van der Waals surface area (Å²) < 4.78 is 10.1. The molecule has 0 atom stereocenters. The quantitative estimate of drug-likeness (QED) is 0.483. The van der Waals surface area contributed by atoms with E-state index in [1.54, 1.807) is 0 Å². The Morgan fingerprint density at radius 2 is 2.29 bits per heavy atom. The van der Waals surface area contributed by atoms with Gasteiger partial charge in [0.2, 0.25) is 0 Å². The van der Waals surface area contributed by atoms with Crippen LogP contribution in [0.5, 0.6) is 0 Å². The molecule has 0 aromatic rings. The van der Waals surface area contributed by atoms with Gasteiger partial charge in [-0.1, -0.05) is 0 Å². The first-order chi connectivity index (χ1) is 3.27. The zero-order chi connectivity index (χ0) is 5.70. The van der Waals surface area contributed by atoms with Gasteiger partial charge in [-0.3, -0.25) is 0 Å². The first-order valence-corrected chi connectivity index (χ1v) is 3.78. The molecule has 40 valence electrons. The average Bonchev–Trinajstić information content (AvgIpc) is 1.61. The molecule has 3 heteroatoms. The van der Waals surface area contributed by atoms with Crippen molar-refractivity contribution in [2.45, 2.75) is 19.8 Å². The summed E-state index contributed by atoms with van der Waals surface area (Å²) in [5.74, 6) is 0.649. The third-order valence-corrected chi connectivity index (χ3v) is 1.39. The minimum absolute atomic E-state index is 0.649. The van der Waals surface area contributed by atoms with E-state index >= 15 is 0 Å². The van der Waals surface area contributed by atoms with Crippen molar-refractivity contribution in [3.05, 3.63) is 0 Å². The van der Waals surface area contributed by atoms with E-state index in [1.165, 1.54) is 0 Å². The van der Waals surface area contributed by atoms with Gasteiger partial charge in [-0.25, -0.2) is 0 Å². The summed E-state index contributed by atoms with van der Waals surface area (Å²) >= 11 is 0. The van der Waals surface area contributed by atoms with Crippen molar-refractivity contribution in [1.29, 1.82) is 0 Å². The van der Waals surface area contributed by atoms with Crippen LogP contribution in [0.1, 0.15) is 19.8 Å². The van der Waals surface area contributed by atoms with Crippen molar-refractivity contribution in [2.24, 2.45) is 0 Å². The summed E-state index contributed by atoms with van der Waals surface area (Å²) in [5, 5.41) is 0. The van der Waals surface area contributed by atoms with E-state index in [1.807, 2.05) is 6.92 Å². The van der Waals surface area contributed by atoms with Crippen molar-refractivity contribution in [3.63, 3.8) is 0 Å². The first kappa shape index (κ1) is 7.08. The predicted molar refractivity (Wildman–Crippen MR) is 33.7 cm³/mol. The third-order valence-electron chi connectivity index (χ3n) is 0.699. The first-order valence-electron chi connectivity index (χ1n) is 2.40. The van der Waals surface area contributed by atoms with Gasteiger partial charge in [-0.2, -0.15) is 0 Å². The van der Waals surface area contributed by atoms with Crippen LogP contribution < -0.4 is 0 Å². The van der Waals surface area contributed by atoms with Crippen molar-refractivity contribution in [3.8, 4) is 0 Å². The van der Waals surface area contributed by atoms with Gasteiger partial charge in [0.15, 0.2) is 0 Å². The molecule has 0 unspecified atom stereocenters. The molecule has 1 nitrogen and oxygen atoms in total. The van der Waals surface area contributed by atoms with Gasteiger partial charge < -0.3 is 0 Å². The molecule has 0 aromatic carbocycles. The molecule has 0 aromatic heterocycles. The maximum atomic E-state index is 10.1. The second-order valence-corrected chi connectivity index (χ2v) is 2.61. The topological polar surface area (TPSA) is 17.1 Å². The molecule has 0 amide bonds. The van der Waals surface area contributed by atoms with Crippen molar-refractivity contribution in [1.82, 2.24) is 0 Å². The fraction of sp³-hybridized carbons (Fsp3) is 1.00. The molecule has 0 saturated carbocycles. The molecule has 0 heterocycles. The zero-order valence-electron chi connectivity index (χ0n) is 4.52. The van der Waals surface area contributed by atoms with Crippen LogP contribution in [0.25, 0.3) is 0 Å². The van der Waals surface area contributed by atoms with Crippen LogP contribution in [0.3, 0.4) is 0 Å². The van der Waals surface area contributed by atoms with Crippen LogP contribution in [-0.2, 0) is 10.0 Å². The van der Waals surface area contributed by atoms with Crippen LogP contribution in [0.4, 0.5) is 0 Å². The molecule has 0 aliphatic carbocycles. The Kier molecular flexibility index (Phi) is 4.30. The normalized spacial score (nSPS) is 9.00. The molecular formula is C4H9BOS. The number of hydrogen-bond acceptors (Lipinski definition) is 1. The van der Waals surface area contributed by atoms with E-state index in [4.69, 9.17) is 6.53 Å². The molecule has 0 bridgehead atoms. The summed E-state index contributed by atoms with van der Waals surface area (Å²) in [5.41, 5.74) is 0. The van der Waals surface area contributed by atoms with E-state index in [0.29, 0.717) is 5.75 Å².